The lowest BCUT2D eigenvalue weighted by molar-refractivity contribution is -0.139. The summed E-state index contributed by atoms with van der Waals surface area (Å²) in [5.74, 6) is -0.757. The number of hydrogen-bond acceptors (Lipinski definition) is 3. The summed E-state index contributed by atoms with van der Waals surface area (Å²) in [5.41, 5.74) is 1.30. The second-order valence-electron chi connectivity index (χ2n) is 8.21. The molecule has 184 valence electrons. The van der Waals surface area contributed by atoms with E-state index in [2.05, 4.69) is 12.2 Å². The van der Waals surface area contributed by atoms with Crippen LogP contribution in [0.5, 0.6) is 0 Å². The minimum Gasteiger partial charge on any atom is -0.354 e. The second-order valence-corrected chi connectivity index (χ2v) is 9.69. The first-order chi connectivity index (χ1) is 17.0. The Hall–Kier alpha value is -2.83. The van der Waals surface area contributed by atoms with Crippen LogP contribution in [0.2, 0.25) is 5.02 Å². The number of hydrogen-bond donors (Lipinski definition) is 1. The van der Waals surface area contributed by atoms with Gasteiger partial charge in [0.1, 0.15) is 11.9 Å². The third-order valence-electron chi connectivity index (χ3n) is 5.58. The van der Waals surface area contributed by atoms with Gasteiger partial charge in [-0.25, -0.2) is 4.39 Å². The lowest BCUT2D eigenvalue weighted by Crippen LogP contribution is -2.51. The minimum atomic E-state index is -0.771. The van der Waals surface area contributed by atoms with Gasteiger partial charge < -0.3 is 10.2 Å². The van der Waals surface area contributed by atoms with Gasteiger partial charge in [0.15, 0.2) is 0 Å². The van der Waals surface area contributed by atoms with Crippen molar-refractivity contribution in [2.24, 2.45) is 0 Å². The topological polar surface area (TPSA) is 49.4 Å². The molecule has 1 N–H and O–H groups in total. The molecule has 1 atom stereocenters. The number of benzene rings is 3. The van der Waals surface area contributed by atoms with Crippen LogP contribution in [-0.4, -0.2) is 35.1 Å². The van der Waals surface area contributed by atoms with E-state index in [1.807, 2.05) is 42.5 Å². The fourth-order valence-electron chi connectivity index (χ4n) is 3.63. The largest absolute Gasteiger partial charge is 0.354 e. The van der Waals surface area contributed by atoms with E-state index < -0.39 is 11.9 Å². The van der Waals surface area contributed by atoms with Crippen LogP contribution < -0.4 is 5.32 Å². The maximum atomic E-state index is 14.6. The fourth-order valence-corrected chi connectivity index (χ4v) is 4.54. The average molecular weight is 513 g/mol. The predicted octanol–water partition coefficient (Wildman–Crippen LogP) is 6.13. The van der Waals surface area contributed by atoms with E-state index in [0.717, 1.165) is 23.3 Å². The molecular weight excluding hydrogens is 483 g/mol. The maximum Gasteiger partial charge on any atom is 0.243 e. The normalized spacial score (nSPS) is 11.6. The van der Waals surface area contributed by atoms with Crippen LogP contribution in [0.1, 0.15) is 30.9 Å². The van der Waals surface area contributed by atoms with Crippen LogP contribution in [0.15, 0.2) is 83.8 Å². The third-order valence-corrected chi connectivity index (χ3v) is 6.82. The Morgan fingerprint density at radius 3 is 2.37 bits per heavy atom. The van der Waals surface area contributed by atoms with E-state index >= 15 is 0 Å². The number of carbonyl (C=O) groups excluding carboxylic acids is 2. The molecule has 7 heteroatoms. The van der Waals surface area contributed by atoms with E-state index in [0.29, 0.717) is 23.6 Å². The summed E-state index contributed by atoms with van der Waals surface area (Å²) in [7, 11) is 0. The number of nitrogens with one attached hydrogen (secondary N) is 1. The number of nitrogens with zero attached hydrogens (tertiary/aromatic N) is 1. The van der Waals surface area contributed by atoms with Crippen molar-refractivity contribution in [3.63, 3.8) is 0 Å². The number of carbonyl (C=O) groups is 2. The molecule has 0 fully saturated rings. The Morgan fingerprint density at radius 2 is 1.69 bits per heavy atom. The molecule has 0 spiro atoms. The van der Waals surface area contributed by atoms with Gasteiger partial charge >= 0.3 is 0 Å². The second kappa shape index (κ2) is 13.9. The van der Waals surface area contributed by atoms with Gasteiger partial charge in [0.05, 0.1) is 5.75 Å². The van der Waals surface area contributed by atoms with Crippen molar-refractivity contribution in [3.8, 4) is 0 Å². The lowest BCUT2D eigenvalue weighted by atomic mass is 10.0. The van der Waals surface area contributed by atoms with E-state index in [1.54, 1.807) is 30.3 Å². The molecule has 0 bridgehead atoms. The summed E-state index contributed by atoms with van der Waals surface area (Å²) in [6, 6.07) is 22.4. The highest BCUT2D eigenvalue weighted by atomic mass is 35.5. The summed E-state index contributed by atoms with van der Waals surface area (Å²) in [4.78, 5) is 29.3. The van der Waals surface area contributed by atoms with Crippen LogP contribution in [0.4, 0.5) is 4.39 Å². The monoisotopic (exact) mass is 512 g/mol. The molecule has 0 aromatic heterocycles. The first-order valence-corrected chi connectivity index (χ1v) is 13.1. The van der Waals surface area contributed by atoms with Gasteiger partial charge in [0.25, 0.3) is 0 Å². The maximum absolute atomic E-state index is 14.6. The molecule has 0 aliphatic carbocycles. The average Bonchev–Trinajstić information content (AvgIpc) is 2.87. The minimum absolute atomic E-state index is 0.00534. The summed E-state index contributed by atoms with van der Waals surface area (Å²) in [5, 5.41) is 3.59. The standard InChI is InChI=1S/C28H30ClFN2O2S/c1-2-3-17-31-28(34)26(18-21-9-5-4-6-10-21)32(19-22-11-7-8-12-25(22)30)27(33)20-35-24-15-13-23(29)14-16-24/h4-16,26H,2-3,17-20H2,1H3,(H,31,34)/t26-/m0/s1. The van der Waals surface area contributed by atoms with Gasteiger partial charge in [-0.2, -0.15) is 0 Å². The Bertz CT molecular complexity index is 1100. The molecule has 0 saturated carbocycles. The molecule has 3 rings (SSSR count). The number of thioether (sulfide) groups is 1. The lowest BCUT2D eigenvalue weighted by Gasteiger charge is -2.31. The quantitative estimate of drug-likeness (QED) is 0.235. The van der Waals surface area contributed by atoms with Crippen LogP contribution in [-0.2, 0) is 22.6 Å². The van der Waals surface area contributed by atoms with Gasteiger partial charge in [0.2, 0.25) is 11.8 Å². The molecule has 4 nitrogen and oxygen atoms in total. The van der Waals surface area contributed by atoms with Crippen LogP contribution in [0.3, 0.4) is 0 Å². The summed E-state index contributed by atoms with van der Waals surface area (Å²) in [6.07, 6.45) is 2.13. The molecule has 0 heterocycles. The van der Waals surface area contributed by atoms with Crippen LogP contribution in [0, 0.1) is 5.82 Å². The summed E-state index contributed by atoms with van der Waals surface area (Å²) in [6.45, 7) is 2.59. The molecule has 0 saturated heterocycles. The van der Waals surface area contributed by atoms with Crippen LogP contribution >= 0.6 is 23.4 Å². The molecule has 35 heavy (non-hydrogen) atoms. The molecule has 0 radical (unpaired) electrons. The first-order valence-electron chi connectivity index (χ1n) is 11.7. The van der Waals surface area contributed by atoms with Crippen molar-refractivity contribution in [1.82, 2.24) is 10.2 Å². The number of rotatable bonds is 12. The zero-order valence-electron chi connectivity index (χ0n) is 19.8. The molecule has 3 aromatic rings. The van der Waals surface area contributed by atoms with E-state index in [1.165, 1.54) is 22.7 Å². The first kappa shape index (κ1) is 26.8. The number of halogens is 2. The van der Waals surface area contributed by atoms with Gasteiger partial charge in [0, 0.05) is 35.0 Å². The Kier molecular flexibility index (Phi) is 10.6. The highest BCUT2D eigenvalue weighted by Gasteiger charge is 2.30. The van der Waals surface area contributed by atoms with Gasteiger partial charge in [-0.15, -0.1) is 11.8 Å². The third kappa shape index (κ3) is 8.41. The fraction of sp³-hybridized carbons (Fsp3) is 0.286. The number of unbranched alkanes of at least 4 members (excludes halogenated alkanes) is 1. The van der Waals surface area contributed by atoms with Crippen molar-refractivity contribution >= 4 is 35.2 Å². The van der Waals surface area contributed by atoms with E-state index in [4.69, 9.17) is 11.6 Å². The van der Waals surface area contributed by atoms with E-state index in [-0.39, 0.29) is 24.1 Å². The Morgan fingerprint density at radius 1 is 1.00 bits per heavy atom. The van der Waals surface area contributed by atoms with Crippen molar-refractivity contribution in [3.05, 3.63) is 101 Å². The SMILES string of the molecule is CCCCNC(=O)[C@H](Cc1ccccc1)N(Cc1ccccc1F)C(=O)CSc1ccc(Cl)cc1. The zero-order valence-corrected chi connectivity index (χ0v) is 21.3. The van der Waals surface area contributed by atoms with Crippen molar-refractivity contribution in [1.29, 1.82) is 0 Å². The Balaban J connectivity index is 1.88. The molecular formula is C28H30ClFN2O2S. The predicted molar refractivity (Wildman–Crippen MR) is 141 cm³/mol. The molecule has 3 aromatic carbocycles. The van der Waals surface area contributed by atoms with Gasteiger partial charge in [-0.05, 0) is 42.3 Å². The molecule has 0 aliphatic heterocycles. The summed E-state index contributed by atoms with van der Waals surface area (Å²) >= 11 is 7.33. The van der Waals surface area contributed by atoms with Crippen molar-refractivity contribution < 1.29 is 14.0 Å². The van der Waals surface area contributed by atoms with Gasteiger partial charge in [-0.1, -0.05) is 73.5 Å². The van der Waals surface area contributed by atoms with Gasteiger partial charge in [-0.3, -0.25) is 9.59 Å². The summed E-state index contributed by atoms with van der Waals surface area (Å²) < 4.78 is 14.6. The van der Waals surface area contributed by atoms with E-state index in [9.17, 15) is 14.0 Å². The zero-order chi connectivity index (χ0) is 25.0. The highest BCUT2D eigenvalue weighted by Crippen LogP contribution is 2.23. The van der Waals surface area contributed by atoms with Crippen LogP contribution in [0.25, 0.3) is 0 Å². The molecule has 2 amide bonds. The number of amides is 2. The Labute approximate surface area is 215 Å². The van der Waals surface area contributed by atoms with Crippen molar-refractivity contribution in [2.75, 3.05) is 12.3 Å². The molecule has 0 unspecified atom stereocenters. The van der Waals surface area contributed by atoms with Crippen molar-refractivity contribution in [2.45, 2.75) is 43.7 Å². The molecule has 0 aliphatic rings. The smallest absolute Gasteiger partial charge is 0.243 e. The highest BCUT2D eigenvalue weighted by molar-refractivity contribution is 8.00.